The number of pyridine rings is 1. The normalized spacial score (nSPS) is 10.2. The van der Waals surface area contributed by atoms with Gasteiger partial charge >= 0.3 is 11.9 Å². The largest absolute Gasteiger partial charge is 0.462 e. The molecule has 1 heterocycles. The molecule has 0 N–H and O–H groups in total. The lowest BCUT2D eigenvalue weighted by atomic mass is 10.2. The van der Waals surface area contributed by atoms with Crippen LogP contribution in [0.2, 0.25) is 0 Å². The quantitative estimate of drug-likeness (QED) is 0.748. The molecule has 0 aliphatic heterocycles. The third-order valence-corrected chi connectivity index (χ3v) is 2.17. The predicted octanol–water partition coefficient (Wildman–Crippen LogP) is 1.96. The zero-order chi connectivity index (χ0) is 13.5. The Hall–Kier alpha value is -1.91. The van der Waals surface area contributed by atoms with E-state index in [1.165, 1.54) is 6.20 Å². The highest BCUT2D eigenvalue weighted by Crippen LogP contribution is 2.05. The fourth-order valence-electron chi connectivity index (χ4n) is 1.16. The van der Waals surface area contributed by atoms with Crippen LogP contribution in [-0.4, -0.2) is 23.5 Å². The van der Waals surface area contributed by atoms with Crippen molar-refractivity contribution >= 4 is 11.9 Å². The molecule has 0 saturated carbocycles. The van der Waals surface area contributed by atoms with E-state index in [2.05, 4.69) is 4.98 Å². The Bertz CT molecular complexity index is 412. The van der Waals surface area contributed by atoms with Crippen molar-refractivity contribution in [3.63, 3.8) is 0 Å². The second-order valence-corrected chi connectivity index (χ2v) is 4.02. The lowest BCUT2D eigenvalue weighted by Gasteiger charge is -2.07. The summed E-state index contributed by atoms with van der Waals surface area (Å²) in [6.07, 6.45) is 1.41. The molecule has 0 radical (unpaired) electrons. The first-order chi connectivity index (χ1) is 8.54. The van der Waals surface area contributed by atoms with Gasteiger partial charge in [-0.2, -0.15) is 0 Å². The average Bonchev–Trinajstić information content (AvgIpc) is 2.36. The number of ether oxygens (including phenoxy) is 2. The van der Waals surface area contributed by atoms with Crippen molar-refractivity contribution in [2.45, 2.75) is 27.4 Å². The van der Waals surface area contributed by atoms with Crippen molar-refractivity contribution in [3.8, 4) is 0 Å². The Morgan fingerprint density at radius 2 is 2.00 bits per heavy atom. The fraction of sp³-hybridized carbons (Fsp3) is 0.462. The van der Waals surface area contributed by atoms with Crippen LogP contribution in [-0.2, 0) is 20.9 Å². The van der Waals surface area contributed by atoms with Crippen molar-refractivity contribution in [1.29, 1.82) is 0 Å². The molecule has 0 spiro atoms. The number of esters is 2. The molecule has 0 unspecified atom stereocenters. The standard InChI is InChI=1S/C13H17NO4/c1-4-17-13(16)10-5-6-11(14-7-10)8-18-12(15)9(2)3/h5-7,9H,4,8H2,1-3H3. The predicted molar refractivity (Wildman–Crippen MR) is 64.8 cm³/mol. The maximum Gasteiger partial charge on any atom is 0.339 e. The van der Waals surface area contributed by atoms with E-state index in [0.717, 1.165) is 0 Å². The number of carbonyl (C=O) groups is 2. The van der Waals surface area contributed by atoms with Gasteiger partial charge in [0.1, 0.15) is 6.61 Å². The smallest absolute Gasteiger partial charge is 0.339 e. The zero-order valence-corrected chi connectivity index (χ0v) is 10.8. The van der Waals surface area contributed by atoms with Gasteiger partial charge in [-0.15, -0.1) is 0 Å². The van der Waals surface area contributed by atoms with E-state index >= 15 is 0 Å². The van der Waals surface area contributed by atoms with Gasteiger partial charge in [0.15, 0.2) is 0 Å². The Balaban J connectivity index is 2.55. The molecule has 0 aliphatic rings. The molecule has 98 valence electrons. The molecule has 0 bridgehead atoms. The van der Waals surface area contributed by atoms with Crippen LogP contribution in [0.15, 0.2) is 18.3 Å². The van der Waals surface area contributed by atoms with Gasteiger partial charge in [0.25, 0.3) is 0 Å². The molecule has 0 saturated heterocycles. The molecular formula is C13H17NO4. The van der Waals surface area contributed by atoms with E-state index < -0.39 is 5.97 Å². The van der Waals surface area contributed by atoms with Crippen LogP contribution in [0.3, 0.4) is 0 Å². The van der Waals surface area contributed by atoms with Crippen LogP contribution < -0.4 is 0 Å². The summed E-state index contributed by atoms with van der Waals surface area (Å²) in [5.74, 6) is -0.842. The Kier molecular flexibility index (Phi) is 5.30. The number of aromatic nitrogens is 1. The molecule has 0 aliphatic carbocycles. The second-order valence-electron chi connectivity index (χ2n) is 4.02. The maximum absolute atomic E-state index is 11.4. The van der Waals surface area contributed by atoms with Gasteiger partial charge in [-0.1, -0.05) is 13.8 Å². The lowest BCUT2D eigenvalue weighted by Crippen LogP contribution is -2.12. The molecule has 1 aromatic rings. The van der Waals surface area contributed by atoms with Crippen LogP contribution in [0.1, 0.15) is 36.8 Å². The molecule has 1 rings (SSSR count). The molecule has 5 heteroatoms. The number of carbonyl (C=O) groups excluding carboxylic acids is 2. The molecular weight excluding hydrogens is 234 g/mol. The number of nitrogens with zero attached hydrogens (tertiary/aromatic N) is 1. The summed E-state index contributed by atoms with van der Waals surface area (Å²) in [7, 11) is 0. The molecule has 0 aromatic carbocycles. The SMILES string of the molecule is CCOC(=O)c1ccc(COC(=O)C(C)C)nc1. The highest BCUT2D eigenvalue weighted by molar-refractivity contribution is 5.88. The number of hydrogen-bond donors (Lipinski definition) is 0. The zero-order valence-electron chi connectivity index (χ0n) is 10.8. The summed E-state index contributed by atoms with van der Waals surface area (Å²) in [6, 6.07) is 3.24. The van der Waals surface area contributed by atoms with E-state index in [0.29, 0.717) is 17.9 Å². The van der Waals surface area contributed by atoms with Crippen LogP contribution in [0.25, 0.3) is 0 Å². The van der Waals surface area contributed by atoms with Gasteiger partial charge in [0.05, 0.1) is 23.8 Å². The molecule has 18 heavy (non-hydrogen) atoms. The number of hydrogen-bond acceptors (Lipinski definition) is 5. The fourth-order valence-corrected chi connectivity index (χ4v) is 1.16. The summed E-state index contributed by atoms with van der Waals surface area (Å²) < 4.78 is 9.85. The Morgan fingerprint density at radius 1 is 1.28 bits per heavy atom. The minimum Gasteiger partial charge on any atom is -0.462 e. The van der Waals surface area contributed by atoms with Crippen molar-refractivity contribution in [2.75, 3.05) is 6.61 Å². The van der Waals surface area contributed by atoms with Crippen molar-refractivity contribution < 1.29 is 19.1 Å². The third kappa shape index (κ3) is 4.16. The first-order valence-corrected chi connectivity index (χ1v) is 5.83. The van der Waals surface area contributed by atoms with E-state index in [9.17, 15) is 9.59 Å². The van der Waals surface area contributed by atoms with E-state index in [1.54, 1.807) is 32.9 Å². The minimum atomic E-state index is -0.407. The first kappa shape index (κ1) is 14.2. The Labute approximate surface area is 106 Å². The summed E-state index contributed by atoms with van der Waals surface area (Å²) in [4.78, 5) is 26.7. The van der Waals surface area contributed by atoms with E-state index in [1.807, 2.05) is 0 Å². The van der Waals surface area contributed by atoms with Gasteiger partial charge in [-0.25, -0.2) is 4.79 Å². The summed E-state index contributed by atoms with van der Waals surface area (Å²) in [5, 5.41) is 0. The van der Waals surface area contributed by atoms with Crippen molar-refractivity contribution in [3.05, 3.63) is 29.6 Å². The van der Waals surface area contributed by atoms with Crippen molar-refractivity contribution in [2.24, 2.45) is 5.92 Å². The van der Waals surface area contributed by atoms with Gasteiger partial charge in [-0.05, 0) is 19.1 Å². The molecule has 0 amide bonds. The van der Waals surface area contributed by atoms with Gasteiger partial charge in [0, 0.05) is 6.20 Å². The maximum atomic E-state index is 11.4. The highest BCUT2D eigenvalue weighted by atomic mass is 16.5. The highest BCUT2D eigenvalue weighted by Gasteiger charge is 2.10. The van der Waals surface area contributed by atoms with Gasteiger partial charge < -0.3 is 9.47 Å². The minimum absolute atomic E-state index is 0.111. The second kappa shape index (κ2) is 6.74. The topological polar surface area (TPSA) is 65.5 Å². The summed E-state index contributed by atoms with van der Waals surface area (Å²) in [5.41, 5.74) is 0.979. The average molecular weight is 251 g/mol. The molecule has 1 aromatic heterocycles. The van der Waals surface area contributed by atoms with E-state index in [-0.39, 0.29) is 18.5 Å². The van der Waals surface area contributed by atoms with Gasteiger partial charge in [-0.3, -0.25) is 9.78 Å². The summed E-state index contributed by atoms with van der Waals surface area (Å²) in [6.45, 7) is 5.71. The first-order valence-electron chi connectivity index (χ1n) is 5.83. The molecule has 5 nitrogen and oxygen atoms in total. The molecule has 0 fully saturated rings. The summed E-state index contributed by atoms with van der Waals surface area (Å²) >= 11 is 0. The lowest BCUT2D eigenvalue weighted by molar-refractivity contribution is -0.148. The van der Waals surface area contributed by atoms with Crippen LogP contribution in [0, 0.1) is 5.92 Å². The Morgan fingerprint density at radius 3 is 2.50 bits per heavy atom. The number of rotatable bonds is 5. The van der Waals surface area contributed by atoms with Crippen molar-refractivity contribution in [1.82, 2.24) is 4.98 Å². The van der Waals surface area contributed by atoms with Gasteiger partial charge in [0.2, 0.25) is 0 Å². The monoisotopic (exact) mass is 251 g/mol. The van der Waals surface area contributed by atoms with Crippen LogP contribution >= 0.6 is 0 Å². The van der Waals surface area contributed by atoms with Crippen LogP contribution in [0.4, 0.5) is 0 Å². The van der Waals surface area contributed by atoms with Crippen LogP contribution in [0.5, 0.6) is 0 Å². The molecule has 0 atom stereocenters. The van der Waals surface area contributed by atoms with E-state index in [4.69, 9.17) is 9.47 Å². The third-order valence-electron chi connectivity index (χ3n) is 2.17.